The Morgan fingerprint density at radius 2 is 0.828 bits per heavy atom. The van der Waals surface area contributed by atoms with E-state index in [1.54, 1.807) is 0 Å². The first-order valence-corrected chi connectivity index (χ1v) is 26.9. The van der Waals surface area contributed by atoms with E-state index < -0.39 is 20.0 Å². The van der Waals surface area contributed by atoms with E-state index in [9.17, 15) is 19.4 Å². The van der Waals surface area contributed by atoms with Crippen LogP contribution in [0.4, 0.5) is 0 Å². The minimum absolute atomic E-state index is 0.0788. The fourth-order valence-corrected chi connectivity index (χ4v) is 8.55. The predicted octanol–water partition coefficient (Wildman–Crippen LogP) is 14.5. The highest BCUT2D eigenvalue weighted by molar-refractivity contribution is 7.47. The Labute approximate surface area is 361 Å². The second kappa shape index (κ2) is 41.8. The van der Waals surface area contributed by atoms with Crippen molar-refractivity contribution in [1.82, 2.24) is 5.32 Å². The first-order chi connectivity index (χ1) is 28.0. The van der Waals surface area contributed by atoms with Crippen molar-refractivity contribution in [1.29, 1.82) is 0 Å². The number of rotatable bonds is 47. The molecule has 0 aromatic carbocycles. The number of unbranched alkanes of at least 4 members (excludes halogenated alkanes) is 34. The zero-order chi connectivity index (χ0) is 42.8. The molecule has 9 heteroatoms. The van der Waals surface area contributed by atoms with Gasteiger partial charge in [-0.1, -0.05) is 239 Å². The summed E-state index contributed by atoms with van der Waals surface area (Å²) in [5.41, 5.74) is 0. The number of phosphoric ester groups is 1. The van der Waals surface area contributed by atoms with Gasteiger partial charge in [0, 0.05) is 6.42 Å². The van der Waals surface area contributed by atoms with Gasteiger partial charge in [-0.2, -0.15) is 0 Å². The lowest BCUT2D eigenvalue weighted by Gasteiger charge is -2.26. The van der Waals surface area contributed by atoms with E-state index in [1.807, 2.05) is 21.1 Å². The normalized spacial score (nSPS) is 14.1. The number of phosphoric acid groups is 1. The van der Waals surface area contributed by atoms with Gasteiger partial charge in [-0.15, -0.1) is 0 Å². The molecule has 8 nitrogen and oxygen atoms in total. The van der Waals surface area contributed by atoms with Crippen LogP contribution < -0.4 is 5.32 Å². The van der Waals surface area contributed by atoms with Crippen LogP contribution in [0.1, 0.15) is 258 Å². The number of amides is 1. The molecule has 3 atom stereocenters. The summed E-state index contributed by atoms with van der Waals surface area (Å²) in [5, 5.41) is 14.0. The van der Waals surface area contributed by atoms with E-state index >= 15 is 0 Å². The van der Waals surface area contributed by atoms with E-state index in [0.29, 0.717) is 23.9 Å². The molecular weight excluding hydrogens is 744 g/mol. The predicted molar refractivity (Wildman–Crippen MR) is 249 cm³/mol. The number of quaternary nitrogens is 1. The number of carbonyl (C=O) groups is 1. The average Bonchev–Trinajstić information content (AvgIpc) is 3.17. The molecule has 0 aliphatic carbocycles. The topological polar surface area (TPSA) is 105 Å². The molecule has 0 bridgehead atoms. The largest absolute Gasteiger partial charge is 0.472 e. The molecule has 1 amide bonds. The van der Waals surface area contributed by atoms with E-state index in [4.69, 9.17) is 9.05 Å². The lowest BCUT2D eigenvalue weighted by Crippen LogP contribution is -2.46. The second-order valence-electron chi connectivity index (χ2n) is 18.9. The lowest BCUT2D eigenvalue weighted by molar-refractivity contribution is -0.870. The van der Waals surface area contributed by atoms with Crippen LogP contribution in [-0.4, -0.2) is 73.4 Å². The fraction of sp³-hybridized carbons (Fsp3) is 0.980. The van der Waals surface area contributed by atoms with Crippen LogP contribution in [0, 0.1) is 0 Å². The first kappa shape index (κ1) is 57.5. The molecule has 0 saturated heterocycles. The summed E-state index contributed by atoms with van der Waals surface area (Å²) in [4.78, 5) is 23.2. The van der Waals surface area contributed by atoms with Crippen molar-refractivity contribution in [2.24, 2.45) is 0 Å². The number of nitrogens with zero attached hydrogens (tertiary/aromatic N) is 1. The van der Waals surface area contributed by atoms with Gasteiger partial charge in [-0.3, -0.25) is 13.8 Å². The minimum atomic E-state index is -4.31. The Hall–Kier alpha value is -0.500. The molecule has 0 fully saturated rings. The maximum absolute atomic E-state index is 12.9. The molecule has 3 unspecified atom stereocenters. The van der Waals surface area contributed by atoms with Gasteiger partial charge in [0.1, 0.15) is 13.2 Å². The third-order valence-electron chi connectivity index (χ3n) is 11.9. The molecule has 0 aliphatic rings. The molecule has 0 rings (SSSR count). The number of hydrogen-bond acceptors (Lipinski definition) is 5. The first-order valence-electron chi connectivity index (χ1n) is 25.4. The van der Waals surface area contributed by atoms with E-state index in [0.717, 1.165) is 38.5 Å². The van der Waals surface area contributed by atoms with Crippen molar-refractivity contribution >= 4 is 13.7 Å². The van der Waals surface area contributed by atoms with Crippen LogP contribution >= 0.6 is 7.82 Å². The van der Waals surface area contributed by atoms with Crippen molar-refractivity contribution in [2.45, 2.75) is 270 Å². The number of nitrogens with one attached hydrogen (secondary N) is 1. The highest BCUT2D eigenvalue weighted by Crippen LogP contribution is 2.43. The van der Waals surface area contributed by atoms with Crippen LogP contribution in [-0.2, 0) is 18.4 Å². The quantitative estimate of drug-likeness (QED) is 0.0320. The fourth-order valence-electron chi connectivity index (χ4n) is 7.81. The summed E-state index contributed by atoms with van der Waals surface area (Å²) in [7, 11) is 1.63. The third kappa shape index (κ3) is 43.6. The van der Waals surface area contributed by atoms with Gasteiger partial charge in [-0.25, -0.2) is 4.57 Å². The van der Waals surface area contributed by atoms with Crippen LogP contribution in [0.3, 0.4) is 0 Å². The second-order valence-corrected chi connectivity index (χ2v) is 20.4. The molecule has 0 aromatic heterocycles. The van der Waals surface area contributed by atoms with Crippen molar-refractivity contribution in [2.75, 3.05) is 40.9 Å². The van der Waals surface area contributed by atoms with Gasteiger partial charge in [0.15, 0.2) is 0 Å². The Kier molecular flexibility index (Phi) is 41.5. The van der Waals surface area contributed by atoms with E-state index in [1.165, 1.54) is 193 Å². The molecule has 0 heterocycles. The summed E-state index contributed by atoms with van der Waals surface area (Å²) >= 11 is 0. The SMILES string of the molecule is CCCCCCCCCCCCCCCCCCCCCCCCCC(O)C(COP(=O)(O)OCC[N+](C)(C)C)NC(=O)CCCCCCCCCCCCCCC. The lowest BCUT2D eigenvalue weighted by atomic mass is 10.0. The van der Waals surface area contributed by atoms with Gasteiger partial charge in [0.05, 0.1) is 39.9 Å². The smallest absolute Gasteiger partial charge is 0.391 e. The Balaban J connectivity index is 4.17. The summed E-state index contributed by atoms with van der Waals surface area (Å²) in [6.45, 7) is 4.92. The molecule has 0 aromatic rings. The standard InChI is InChI=1S/C49H101N2O6P/c1-6-8-10-12-14-16-18-20-21-22-23-24-25-26-27-28-29-31-32-34-36-38-40-42-48(52)47(46-57-58(54,55)56-45-44-51(3,4)5)50-49(53)43-41-39-37-35-33-30-19-17-15-13-11-9-7-2/h47-48,52H,6-46H2,1-5H3,(H-,50,53,54,55)/p+1. The molecule has 0 radical (unpaired) electrons. The van der Waals surface area contributed by atoms with Crippen molar-refractivity contribution in [3.8, 4) is 0 Å². The van der Waals surface area contributed by atoms with E-state index in [2.05, 4.69) is 19.2 Å². The molecule has 0 aliphatic heterocycles. The number of carbonyl (C=O) groups excluding carboxylic acids is 1. The summed E-state index contributed by atoms with van der Waals surface area (Å²) in [6.07, 6.45) is 47.1. The third-order valence-corrected chi connectivity index (χ3v) is 12.8. The van der Waals surface area contributed by atoms with Gasteiger partial charge in [0.25, 0.3) is 0 Å². The maximum atomic E-state index is 12.9. The van der Waals surface area contributed by atoms with Crippen LogP contribution in [0.25, 0.3) is 0 Å². The Morgan fingerprint density at radius 1 is 0.517 bits per heavy atom. The highest BCUT2D eigenvalue weighted by atomic mass is 31.2. The number of aliphatic hydroxyl groups excluding tert-OH is 1. The highest BCUT2D eigenvalue weighted by Gasteiger charge is 2.28. The number of hydrogen-bond donors (Lipinski definition) is 3. The average molecular weight is 846 g/mol. The zero-order valence-corrected chi connectivity index (χ0v) is 40.5. The molecule has 0 spiro atoms. The van der Waals surface area contributed by atoms with E-state index in [-0.39, 0.29) is 19.1 Å². The summed E-state index contributed by atoms with van der Waals surface area (Å²) in [6, 6.07) is -0.753. The van der Waals surface area contributed by atoms with Crippen LogP contribution in [0.2, 0.25) is 0 Å². The maximum Gasteiger partial charge on any atom is 0.472 e. The van der Waals surface area contributed by atoms with Crippen LogP contribution in [0.5, 0.6) is 0 Å². The van der Waals surface area contributed by atoms with Gasteiger partial charge >= 0.3 is 7.82 Å². The molecule has 3 N–H and O–H groups in total. The molecule has 58 heavy (non-hydrogen) atoms. The molecule has 0 saturated carbocycles. The Bertz CT molecular complexity index is 916. The van der Waals surface area contributed by atoms with Crippen molar-refractivity contribution in [3.63, 3.8) is 0 Å². The van der Waals surface area contributed by atoms with Gasteiger partial charge in [-0.05, 0) is 12.8 Å². The van der Waals surface area contributed by atoms with Crippen LogP contribution in [0.15, 0.2) is 0 Å². The van der Waals surface area contributed by atoms with Crippen molar-refractivity contribution < 1.29 is 32.9 Å². The minimum Gasteiger partial charge on any atom is -0.391 e. The Morgan fingerprint density at radius 3 is 1.16 bits per heavy atom. The summed E-state index contributed by atoms with van der Waals surface area (Å²) in [5.74, 6) is -0.140. The van der Waals surface area contributed by atoms with Crippen molar-refractivity contribution in [3.05, 3.63) is 0 Å². The summed E-state index contributed by atoms with van der Waals surface area (Å²) < 4.78 is 23.7. The number of likely N-dealkylation sites (N-methyl/N-ethyl adjacent to an activating group) is 1. The monoisotopic (exact) mass is 846 g/mol. The number of aliphatic hydroxyl groups is 1. The van der Waals surface area contributed by atoms with Gasteiger partial charge in [0.2, 0.25) is 5.91 Å². The zero-order valence-electron chi connectivity index (χ0n) is 39.6. The molecular formula is C49H102N2O6P+. The molecule has 348 valence electrons. The van der Waals surface area contributed by atoms with Gasteiger partial charge < -0.3 is 19.8 Å².